The van der Waals surface area contributed by atoms with Crippen LogP contribution in [0.2, 0.25) is 0 Å². The fourth-order valence-corrected chi connectivity index (χ4v) is 1.15. The van der Waals surface area contributed by atoms with Crippen LogP contribution in [-0.2, 0) is 0 Å². The molecule has 14 heavy (non-hydrogen) atoms. The molecule has 0 aromatic carbocycles. The maximum absolute atomic E-state index is 7.58. The van der Waals surface area contributed by atoms with Gasteiger partial charge in [-0.15, -0.1) is 0 Å². The average Bonchev–Trinajstić information content (AvgIpc) is 2.15. The molecule has 1 aromatic heterocycles. The van der Waals surface area contributed by atoms with Gasteiger partial charge >= 0.3 is 0 Å². The molecule has 0 amide bonds. The van der Waals surface area contributed by atoms with Gasteiger partial charge in [0.15, 0.2) is 0 Å². The monoisotopic (exact) mass is 191 g/mol. The molecule has 3 nitrogen and oxygen atoms in total. The van der Waals surface area contributed by atoms with Gasteiger partial charge in [-0.05, 0) is 25.0 Å². The van der Waals surface area contributed by atoms with Crippen LogP contribution in [0, 0.1) is 11.3 Å². The minimum Gasteiger partial charge on any atom is -0.369 e. The first-order chi connectivity index (χ1) is 6.61. The smallest absolute Gasteiger partial charge is 0.135 e. The molecular weight excluding hydrogens is 174 g/mol. The Morgan fingerprint density at radius 2 is 2.29 bits per heavy atom. The molecule has 0 bridgehead atoms. The molecule has 0 aliphatic rings. The largest absolute Gasteiger partial charge is 0.369 e. The number of nitrogens with zero attached hydrogens (tertiary/aromatic N) is 1. The highest BCUT2D eigenvalue weighted by atomic mass is 15.0. The molecule has 2 N–H and O–H groups in total. The first-order valence-corrected chi connectivity index (χ1v) is 4.85. The minimum absolute atomic E-state index is 0.546. The lowest BCUT2D eigenvalue weighted by Crippen LogP contribution is -2.12. The van der Waals surface area contributed by atoms with Gasteiger partial charge in [0, 0.05) is 24.0 Å². The van der Waals surface area contributed by atoms with E-state index in [1.165, 1.54) is 0 Å². The second-order valence-corrected chi connectivity index (χ2v) is 3.80. The summed E-state index contributed by atoms with van der Waals surface area (Å²) in [5.74, 6) is 1.39. The van der Waals surface area contributed by atoms with E-state index in [2.05, 4.69) is 24.1 Å². The number of hydrogen-bond donors (Lipinski definition) is 2. The van der Waals surface area contributed by atoms with E-state index in [1.54, 1.807) is 13.1 Å². The van der Waals surface area contributed by atoms with Crippen LogP contribution >= 0.6 is 0 Å². The second-order valence-electron chi connectivity index (χ2n) is 3.80. The molecule has 0 radical (unpaired) electrons. The number of rotatable bonds is 4. The molecule has 0 atom stereocenters. The zero-order valence-corrected chi connectivity index (χ0v) is 8.96. The predicted molar refractivity (Wildman–Crippen MR) is 60.1 cm³/mol. The third-order valence-electron chi connectivity index (χ3n) is 1.89. The lowest BCUT2D eigenvalue weighted by Gasteiger charge is -2.11. The third-order valence-corrected chi connectivity index (χ3v) is 1.89. The normalized spacial score (nSPS) is 10.3. The Kier molecular flexibility index (Phi) is 3.63. The van der Waals surface area contributed by atoms with E-state index in [-0.39, 0.29) is 0 Å². The van der Waals surface area contributed by atoms with E-state index in [4.69, 9.17) is 5.41 Å². The Labute approximate surface area is 85.1 Å². The maximum Gasteiger partial charge on any atom is 0.135 e. The average molecular weight is 191 g/mol. The Balaban J connectivity index is 2.79. The molecule has 76 valence electrons. The standard InChI is InChI=1S/C11H17N3/c1-8(2)7-14-11-10(9(3)12)5-4-6-13-11/h4-6,8,12H,7H2,1-3H3,(H,13,14). The quantitative estimate of drug-likeness (QED) is 0.718. The van der Waals surface area contributed by atoms with Crippen LogP contribution < -0.4 is 5.32 Å². The van der Waals surface area contributed by atoms with E-state index in [0.717, 1.165) is 17.9 Å². The van der Waals surface area contributed by atoms with Crippen LogP contribution in [0.4, 0.5) is 5.82 Å². The molecule has 0 unspecified atom stereocenters. The van der Waals surface area contributed by atoms with Gasteiger partial charge in [-0.1, -0.05) is 13.8 Å². The summed E-state index contributed by atoms with van der Waals surface area (Å²) in [6.45, 7) is 6.95. The van der Waals surface area contributed by atoms with Crippen molar-refractivity contribution in [3.05, 3.63) is 23.9 Å². The van der Waals surface area contributed by atoms with Crippen LogP contribution in [0.3, 0.4) is 0 Å². The number of aromatic nitrogens is 1. The van der Waals surface area contributed by atoms with Gasteiger partial charge in [0.05, 0.1) is 0 Å². The summed E-state index contributed by atoms with van der Waals surface area (Å²) in [6.07, 6.45) is 1.75. The van der Waals surface area contributed by atoms with E-state index in [1.807, 2.05) is 12.1 Å². The maximum atomic E-state index is 7.58. The topological polar surface area (TPSA) is 48.8 Å². The van der Waals surface area contributed by atoms with Crippen molar-refractivity contribution in [3.8, 4) is 0 Å². The third kappa shape index (κ3) is 2.83. The lowest BCUT2D eigenvalue weighted by molar-refractivity contribution is 0.687. The molecule has 0 saturated carbocycles. The minimum atomic E-state index is 0.546. The van der Waals surface area contributed by atoms with E-state index in [0.29, 0.717) is 11.6 Å². The Hall–Kier alpha value is -1.38. The number of anilines is 1. The number of hydrogen-bond acceptors (Lipinski definition) is 3. The highest BCUT2D eigenvalue weighted by molar-refractivity contribution is 6.00. The Morgan fingerprint density at radius 1 is 1.57 bits per heavy atom. The Bertz CT molecular complexity index is 318. The van der Waals surface area contributed by atoms with Crippen molar-refractivity contribution >= 4 is 11.5 Å². The SMILES string of the molecule is CC(=N)c1cccnc1NCC(C)C. The van der Waals surface area contributed by atoms with Crippen molar-refractivity contribution < 1.29 is 0 Å². The van der Waals surface area contributed by atoms with Gasteiger partial charge in [0.2, 0.25) is 0 Å². The van der Waals surface area contributed by atoms with Crippen LogP contribution in [0.15, 0.2) is 18.3 Å². The van der Waals surface area contributed by atoms with Crippen molar-refractivity contribution in [1.82, 2.24) is 4.98 Å². The molecule has 0 aliphatic heterocycles. The molecule has 3 heteroatoms. The molecule has 0 saturated heterocycles. The molecule has 0 fully saturated rings. The number of pyridine rings is 1. The van der Waals surface area contributed by atoms with E-state index in [9.17, 15) is 0 Å². The fourth-order valence-electron chi connectivity index (χ4n) is 1.15. The van der Waals surface area contributed by atoms with Crippen LogP contribution in [0.5, 0.6) is 0 Å². The lowest BCUT2D eigenvalue weighted by atomic mass is 10.1. The van der Waals surface area contributed by atoms with Crippen LogP contribution in [0.1, 0.15) is 26.3 Å². The molecule has 0 aliphatic carbocycles. The molecule has 1 heterocycles. The van der Waals surface area contributed by atoms with Gasteiger partial charge in [0.25, 0.3) is 0 Å². The molecule has 1 rings (SSSR count). The zero-order valence-electron chi connectivity index (χ0n) is 8.96. The summed E-state index contributed by atoms with van der Waals surface area (Å²) >= 11 is 0. The van der Waals surface area contributed by atoms with Gasteiger partial charge in [-0.2, -0.15) is 0 Å². The highest BCUT2D eigenvalue weighted by Crippen LogP contribution is 2.12. The summed E-state index contributed by atoms with van der Waals surface area (Å²) < 4.78 is 0. The number of nitrogens with one attached hydrogen (secondary N) is 2. The summed E-state index contributed by atoms with van der Waals surface area (Å²) in [5.41, 5.74) is 1.43. The first kappa shape index (κ1) is 10.7. The summed E-state index contributed by atoms with van der Waals surface area (Å²) in [6, 6.07) is 3.77. The summed E-state index contributed by atoms with van der Waals surface area (Å²) in [7, 11) is 0. The fraction of sp³-hybridized carbons (Fsp3) is 0.455. The van der Waals surface area contributed by atoms with Crippen molar-refractivity contribution in [2.75, 3.05) is 11.9 Å². The van der Waals surface area contributed by atoms with Crippen molar-refractivity contribution in [1.29, 1.82) is 5.41 Å². The van der Waals surface area contributed by atoms with Crippen LogP contribution in [0.25, 0.3) is 0 Å². The molecule has 0 spiro atoms. The van der Waals surface area contributed by atoms with E-state index < -0.39 is 0 Å². The van der Waals surface area contributed by atoms with Gasteiger partial charge < -0.3 is 10.7 Å². The van der Waals surface area contributed by atoms with Gasteiger partial charge in [-0.3, -0.25) is 0 Å². The molecular formula is C11H17N3. The summed E-state index contributed by atoms with van der Waals surface area (Å²) in [4.78, 5) is 4.22. The van der Waals surface area contributed by atoms with Gasteiger partial charge in [-0.25, -0.2) is 4.98 Å². The van der Waals surface area contributed by atoms with Crippen molar-refractivity contribution in [2.45, 2.75) is 20.8 Å². The van der Waals surface area contributed by atoms with Gasteiger partial charge in [0.1, 0.15) is 5.82 Å². The van der Waals surface area contributed by atoms with E-state index >= 15 is 0 Å². The predicted octanol–water partition coefficient (Wildman–Crippen LogP) is 2.54. The highest BCUT2D eigenvalue weighted by Gasteiger charge is 2.04. The van der Waals surface area contributed by atoms with Crippen LogP contribution in [-0.4, -0.2) is 17.2 Å². The second kappa shape index (κ2) is 4.74. The van der Waals surface area contributed by atoms with Crippen molar-refractivity contribution in [3.63, 3.8) is 0 Å². The molecule has 1 aromatic rings. The Morgan fingerprint density at radius 3 is 2.86 bits per heavy atom. The van der Waals surface area contributed by atoms with Crippen molar-refractivity contribution in [2.24, 2.45) is 5.92 Å². The first-order valence-electron chi connectivity index (χ1n) is 4.85. The summed E-state index contributed by atoms with van der Waals surface area (Å²) in [5, 5.41) is 10.8. The zero-order chi connectivity index (χ0) is 10.6.